The fourth-order valence-electron chi connectivity index (χ4n) is 1.69. The molecule has 1 aromatic rings. The number of allylic oxidation sites excluding steroid dienone is 1. The molecule has 0 radical (unpaired) electrons. The van der Waals surface area contributed by atoms with Crippen molar-refractivity contribution in [3.63, 3.8) is 0 Å². The minimum atomic E-state index is 1.03. The van der Waals surface area contributed by atoms with Crippen LogP contribution >= 0.6 is 0 Å². The van der Waals surface area contributed by atoms with E-state index in [9.17, 15) is 0 Å². The second-order valence-corrected chi connectivity index (χ2v) is 3.44. The molecule has 0 saturated carbocycles. The summed E-state index contributed by atoms with van der Waals surface area (Å²) in [4.78, 5) is 0. The molecular formula is C19H30. The number of aryl methyl sites for hydroxylation is 1. The maximum absolute atomic E-state index is 3.84. The highest BCUT2D eigenvalue weighted by molar-refractivity contribution is 5.69. The van der Waals surface area contributed by atoms with Gasteiger partial charge < -0.3 is 0 Å². The molecule has 0 saturated heterocycles. The Morgan fingerprint density at radius 3 is 1.79 bits per heavy atom. The first-order valence-corrected chi connectivity index (χ1v) is 7.31. The molecular weight excluding hydrogens is 228 g/mol. The Morgan fingerprint density at radius 1 is 0.895 bits per heavy atom. The fourth-order valence-corrected chi connectivity index (χ4v) is 1.69. The predicted molar refractivity (Wildman–Crippen MR) is 93.4 cm³/mol. The second-order valence-electron chi connectivity index (χ2n) is 3.44. The van der Waals surface area contributed by atoms with Gasteiger partial charge in [-0.2, -0.15) is 0 Å². The van der Waals surface area contributed by atoms with Crippen LogP contribution in [0.4, 0.5) is 0 Å². The highest BCUT2D eigenvalue weighted by Gasteiger charge is 2.02. The van der Waals surface area contributed by atoms with Gasteiger partial charge in [0.1, 0.15) is 0 Å². The van der Waals surface area contributed by atoms with Gasteiger partial charge in [-0.3, -0.25) is 0 Å². The minimum absolute atomic E-state index is 1.03. The molecule has 0 spiro atoms. The zero-order chi connectivity index (χ0) is 15.3. The molecule has 0 atom stereocenters. The van der Waals surface area contributed by atoms with Crippen LogP contribution in [0, 0.1) is 0 Å². The van der Waals surface area contributed by atoms with E-state index in [0.717, 1.165) is 6.42 Å². The van der Waals surface area contributed by atoms with Crippen molar-refractivity contribution in [2.24, 2.45) is 0 Å². The summed E-state index contributed by atoms with van der Waals surface area (Å²) in [6.07, 6.45) is 8.99. The van der Waals surface area contributed by atoms with E-state index in [-0.39, 0.29) is 0 Å². The van der Waals surface area contributed by atoms with E-state index in [1.807, 2.05) is 46.8 Å². The smallest absolute Gasteiger partial charge is 0.0184 e. The van der Waals surface area contributed by atoms with Crippen molar-refractivity contribution in [1.29, 1.82) is 0 Å². The van der Waals surface area contributed by atoms with Crippen LogP contribution in [0.25, 0.3) is 18.2 Å². The molecule has 0 nitrogen and oxygen atoms in total. The van der Waals surface area contributed by atoms with Crippen LogP contribution in [-0.2, 0) is 6.42 Å². The lowest BCUT2D eigenvalue weighted by Gasteiger charge is -2.09. The number of benzene rings is 1. The van der Waals surface area contributed by atoms with Crippen LogP contribution in [0.3, 0.4) is 0 Å². The quantitative estimate of drug-likeness (QED) is 0.569. The van der Waals surface area contributed by atoms with Gasteiger partial charge in [-0.05, 0) is 41.7 Å². The molecule has 0 unspecified atom stereocenters. The van der Waals surface area contributed by atoms with Gasteiger partial charge in [-0.15, -0.1) is 0 Å². The topological polar surface area (TPSA) is 0 Å². The molecule has 0 fully saturated rings. The van der Waals surface area contributed by atoms with E-state index >= 15 is 0 Å². The van der Waals surface area contributed by atoms with Crippen LogP contribution in [-0.4, -0.2) is 0 Å². The van der Waals surface area contributed by atoms with E-state index in [2.05, 4.69) is 44.4 Å². The van der Waals surface area contributed by atoms with Crippen molar-refractivity contribution >= 4 is 18.2 Å². The summed E-state index contributed by atoms with van der Waals surface area (Å²) in [6.45, 7) is 19.9. The number of hydrogen-bond donors (Lipinski definition) is 0. The van der Waals surface area contributed by atoms with Crippen molar-refractivity contribution < 1.29 is 0 Å². The summed E-state index contributed by atoms with van der Waals surface area (Å²) < 4.78 is 0. The SMILES string of the molecule is C=Cc1cc(C=C)c(CC)cc1/C=C\C.CC.CC. The monoisotopic (exact) mass is 258 g/mol. The first-order chi connectivity index (χ1) is 9.26. The molecule has 0 bridgehead atoms. The van der Waals surface area contributed by atoms with Crippen LogP contribution in [0.5, 0.6) is 0 Å². The van der Waals surface area contributed by atoms with Crippen molar-refractivity contribution in [3.05, 3.63) is 53.6 Å². The molecule has 0 N–H and O–H groups in total. The molecule has 0 aliphatic carbocycles. The third-order valence-corrected chi connectivity index (χ3v) is 2.51. The molecule has 0 aliphatic heterocycles. The van der Waals surface area contributed by atoms with E-state index in [1.54, 1.807) is 0 Å². The zero-order valence-electron chi connectivity index (χ0n) is 13.6. The third-order valence-electron chi connectivity index (χ3n) is 2.51. The van der Waals surface area contributed by atoms with Gasteiger partial charge in [0.05, 0.1) is 0 Å². The van der Waals surface area contributed by atoms with Crippen molar-refractivity contribution in [2.75, 3.05) is 0 Å². The molecule has 0 heterocycles. The summed E-state index contributed by atoms with van der Waals surface area (Å²) >= 11 is 0. The Balaban J connectivity index is 0. The lowest BCUT2D eigenvalue weighted by Crippen LogP contribution is -1.91. The zero-order valence-corrected chi connectivity index (χ0v) is 13.6. The van der Waals surface area contributed by atoms with Crippen LogP contribution in [0.15, 0.2) is 31.4 Å². The van der Waals surface area contributed by atoms with E-state index in [0.29, 0.717) is 0 Å². The van der Waals surface area contributed by atoms with Crippen molar-refractivity contribution in [2.45, 2.75) is 48.0 Å². The molecule has 1 rings (SSSR count). The lowest BCUT2D eigenvalue weighted by molar-refractivity contribution is 1.13. The first kappa shape index (κ1) is 19.8. The normalized spacial score (nSPS) is 8.95. The van der Waals surface area contributed by atoms with E-state index < -0.39 is 0 Å². The van der Waals surface area contributed by atoms with Gasteiger partial charge >= 0.3 is 0 Å². The molecule has 0 heteroatoms. The minimum Gasteiger partial charge on any atom is -0.0985 e. The second kappa shape index (κ2) is 12.9. The highest BCUT2D eigenvalue weighted by Crippen LogP contribution is 2.21. The van der Waals surface area contributed by atoms with Crippen molar-refractivity contribution in [1.82, 2.24) is 0 Å². The molecule has 0 aliphatic rings. The van der Waals surface area contributed by atoms with Crippen LogP contribution in [0.2, 0.25) is 0 Å². The number of hydrogen-bond acceptors (Lipinski definition) is 0. The van der Waals surface area contributed by atoms with Gasteiger partial charge in [-0.1, -0.05) is 78.1 Å². The third kappa shape index (κ3) is 6.24. The summed E-state index contributed by atoms with van der Waals surface area (Å²) in [6, 6.07) is 4.36. The standard InChI is InChI=1S/C15H18.2C2H6/c1-5-9-15-11-13(7-3)12(6-2)10-14(15)8-4;2*1-2/h5-6,8-11H,2,4,7H2,1,3H3;2*1-2H3/b9-5-;;. The average molecular weight is 258 g/mol. The Morgan fingerprint density at radius 2 is 1.42 bits per heavy atom. The largest absolute Gasteiger partial charge is 0.0985 e. The van der Waals surface area contributed by atoms with Crippen LogP contribution < -0.4 is 0 Å². The average Bonchev–Trinajstić information content (AvgIpc) is 2.51. The molecule has 19 heavy (non-hydrogen) atoms. The Bertz CT molecular complexity index is 395. The highest BCUT2D eigenvalue weighted by atomic mass is 14.1. The fraction of sp³-hybridized carbons (Fsp3) is 0.368. The maximum Gasteiger partial charge on any atom is -0.0184 e. The summed E-state index contributed by atoms with van der Waals surface area (Å²) in [7, 11) is 0. The first-order valence-electron chi connectivity index (χ1n) is 7.31. The molecule has 0 aromatic heterocycles. The Kier molecular flexibility index (Phi) is 13.4. The van der Waals surface area contributed by atoms with Gasteiger partial charge in [0.2, 0.25) is 0 Å². The Labute approximate surface area is 120 Å². The number of rotatable bonds is 4. The molecule has 0 amide bonds. The summed E-state index contributed by atoms with van der Waals surface area (Å²) in [5.41, 5.74) is 4.94. The summed E-state index contributed by atoms with van der Waals surface area (Å²) in [5, 5.41) is 0. The molecule has 106 valence electrons. The maximum atomic E-state index is 3.84. The van der Waals surface area contributed by atoms with Gasteiger partial charge in [-0.25, -0.2) is 0 Å². The Hall–Kier alpha value is -1.56. The van der Waals surface area contributed by atoms with Crippen LogP contribution in [0.1, 0.15) is 63.8 Å². The van der Waals surface area contributed by atoms with Gasteiger partial charge in [0.15, 0.2) is 0 Å². The van der Waals surface area contributed by atoms with Gasteiger partial charge in [0, 0.05) is 0 Å². The van der Waals surface area contributed by atoms with E-state index in [1.165, 1.54) is 22.3 Å². The van der Waals surface area contributed by atoms with E-state index in [4.69, 9.17) is 0 Å². The molecule has 1 aromatic carbocycles. The van der Waals surface area contributed by atoms with Gasteiger partial charge in [0.25, 0.3) is 0 Å². The van der Waals surface area contributed by atoms with Crippen molar-refractivity contribution in [3.8, 4) is 0 Å². The summed E-state index contributed by atoms with van der Waals surface area (Å²) in [5.74, 6) is 0. The lowest BCUT2D eigenvalue weighted by atomic mass is 9.96. The predicted octanol–water partition coefficient (Wildman–Crippen LogP) is 6.62.